The Bertz CT molecular complexity index is 1170. The number of fused-ring (bicyclic) bond motifs is 1. The van der Waals surface area contributed by atoms with Crippen molar-refractivity contribution in [3.05, 3.63) is 81.2 Å². The van der Waals surface area contributed by atoms with Gasteiger partial charge in [0.2, 0.25) is 5.95 Å². The summed E-state index contributed by atoms with van der Waals surface area (Å²) in [4.78, 5) is 17.3. The third-order valence-corrected chi connectivity index (χ3v) is 5.87. The van der Waals surface area contributed by atoms with Crippen LogP contribution in [0.4, 0.5) is 5.95 Å². The highest BCUT2D eigenvalue weighted by Crippen LogP contribution is 2.37. The SMILES string of the molecule is CCCC1=C(C(=O)OCC)[C@@H](c2ccc(OCc3ccc(Cl)cc3Cl)cc2)n2ncnc2N1. The minimum atomic E-state index is -0.455. The topological polar surface area (TPSA) is 78.3 Å². The number of hydrogen-bond acceptors (Lipinski definition) is 6. The zero-order valence-corrected chi connectivity index (χ0v) is 19.9. The number of halogens is 2. The lowest BCUT2D eigenvalue weighted by molar-refractivity contribution is -0.139. The van der Waals surface area contributed by atoms with E-state index in [1.807, 2.05) is 30.3 Å². The summed E-state index contributed by atoms with van der Waals surface area (Å²) in [6, 6.07) is 12.4. The predicted octanol–water partition coefficient (Wildman–Crippen LogP) is 5.80. The molecule has 0 amide bonds. The second kappa shape index (κ2) is 10.3. The van der Waals surface area contributed by atoms with Gasteiger partial charge in [-0.2, -0.15) is 10.1 Å². The predicted molar refractivity (Wildman–Crippen MR) is 128 cm³/mol. The first-order valence-corrected chi connectivity index (χ1v) is 11.5. The van der Waals surface area contributed by atoms with Crippen molar-refractivity contribution in [2.45, 2.75) is 39.3 Å². The minimum Gasteiger partial charge on any atom is -0.489 e. The van der Waals surface area contributed by atoms with E-state index >= 15 is 0 Å². The van der Waals surface area contributed by atoms with E-state index in [0.29, 0.717) is 47.0 Å². The van der Waals surface area contributed by atoms with E-state index in [2.05, 4.69) is 22.3 Å². The molecule has 0 bridgehead atoms. The molecule has 0 aliphatic carbocycles. The summed E-state index contributed by atoms with van der Waals surface area (Å²) in [5.74, 6) is 0.902. The molecule has 2 heterocycles. The number of carbonyl (C=O) groups excluding carboxylic acids is 1. The second-order valence-electron chi connectivity index (χ2n) is 7.51. The van der Waals surface area contributed by atoms with E-state index in [9.17, 15) is 4.79 Å². The molecule has 2 aromatic carbocycles. The molecule has 33 heavy (non-hydrogen) atoms. The van der Waals surface area contributed by atoms with Crippen LogP contribution in [-0.4, -0.2) is 27.3 Å². The van der Waals surface area contributed by atoms with Gasteiger partial charge >= 0.3 is 5.97 Å². The maximum absolute atomic E-state index is 13.0. The van der Waals surface area contributed by atoms with Crippen LogP contribution in [-0.2, 0) is 16.1 Å². The molecule has 0 fully saturated rings. The molecular formula is C24H24Cl2N4O3. The Morgan fingerprint density at radius 1 is 1.15 bits per heavy atom. The fourth-order valence-corrected chi connectivity index (χ4v) is 4.23. The van der Waals surface area contributed by atoms with Gasteiger partial charge in [-0.05, 0) is 43.2 Å². The molecule has 7 nitrogen and oxygen atoms in total. The van der Waals surface area contributed by atoms with Crippen molar-refractivity contribution in [3.63, 3.8) is 0 Å². The standard InChI is InChI=1S/C24H24Cl2N4O3/c1-3-5-20-21(23(31)32-4-2)22(30-24(29-20)27-14-28-30)15-7-10-18(11-8-15)33-13-16-6-9-17(25)12-19(16)26/h6-12,14,22H,3-5,13H2,1-2H3,(H,27,28,29)/t22-/m1/s1. The van der Waals surface area contributed by atoms with Gasteiger partial charge in [0.15, 0.2) is 0 Å². The van der Waals surface area contributed by atoms with Crippen LogP contribution < -0.4 is 10.1 Å². The first-order valence-electron chi connectivity index (χ1n) is 10.7. The van der Waals surface area contributed by atoms with E-state index in [1.165, 1.54) is 6.33 Å². The van der Waals surface area contributed by atoms with E-state index in [4.69, 9.17) is 32.7 Å². The number of benzene rings is 2. The molecule has 0 radical (unpaired) electrons. The quantitative estimate of drug-likeness (QED) is 0.405. The summed E-state index contributed by atoms with van der Waals surface area (Å²) < 4.78 is 13.0. The first kappa shape index (κ1) is 23.1. The third-order valence-electron chi connectivity index (χ3n) is 5.28. The van der Waals surface area contributed by atoms with Crippen molar-refractivity contribution in [1.29, 1.82) is 0 Å². The van der Waals surface area contributed by atoms with Crippen molar-refractivity contribution >= 4 is 35.1 Å². The summed E-state index contributed by atoms with van der Waals surface area (Å²) in [6.07, 6.45) is 3.03. The Balaban J connectivity index is 1.62. The molecule has 1 atom stereocenters. The summed E-state index contributed by atoms with van der Waals surface area (Å²) in [7, 11) is 0. The molecule has 0 spiro atoms. The first-order chi connectivity index (χ1) is 16.0. The number of hydrogen-bond donors (Lipinski definition) is 1. The molecule has 9 heteroatoms. The van der Waals surface area contributed by atoms with Crippen LogP contribution in [0.1, 0.15) is 43.9 Å². The maximum Gasteiger partial charge on any atom is 0.338 e. The van der Waals surface area contributed by atoms with Crippen LogP contribution in [0, 0.1) is 0 Å². The maximum atomic E-state index is 13.0. The second-order valence-corrected chi connectivity index (χ2v) is 8.36. The Kier molecular flexibility index (Phi) is 7.20. The van der Waals surface area contributed by atoms with Gasteiger partial charge in [0.05, 0.1) is 12.2 Å². The number of esters is 1. The monoisotopic (exact) mass is 486 g/mol. The lowest BCUT2D eigenvalue weighted by Crippen LogP contribution is -2.30. The molecule has 0 saturated heterocycles. The fourth-order valence-electron chi connectivity index (χ4n) is 3.76. The van der Waals surface area contributed by atoms with Crippen LogP contribution in [0.2, 0.25) is 10.0 Å². The van der Waals surface area contributed by atoms with E-state index in [1.54, 1.807) is 23.7 Å². The Hall–Kier alpha value is -3.03. The third kappa shape index (κ3) is 4.99. The van der Waals surface area contributed by atoms with Gasteiger partial charge in [0.1, 0.15) is 24.7 Å². The van der Waals surface area contributed by atoms with Gasteiger partial charge < -0.3 is 14.8 Å². The molecular weight excluding hydrogens is 463 g/mol. The largest absolute Gasteiger partial charge is 0.489 e. The summed E-state index contributed by atoms with van der Waals surface area (Å²) >= 11 is 12.2. The lowest BCUT2D eigenvalue weighted by atomic mass is 9.94. The molecule has 0 unspecified atom stereocenters. The van der Waals surface area contributed by atoms with Gasteiger partial charge in [0.25, 0.3) is 0 Å². The van der Waals surface area contributed by atoms with Crippen LogP contribution in [0.3, 0.4) is 0 Å². The highest BCUT2D eigenvalue weighted by molar-refractivity contribution is 6.35. The number of anilines is 1. The number of rotatable bonds is 8. The van der Waals surface area contributed by atoms with Crippen molar-refractivity contribution in [1.82, 2.24) is 14.8 Å². The summed E-state index contributed by atoms with van der Waals surface area (Å²) in [6.45, 7) is 4.46. The van der Waals surface area contributed by atoms with Crippen molar-refractivity contribution in [2.75, 3.05) is 11.9 Å². The van der Waals surface area contributed by atoms with Crippen LogP contribution in [0.5, 0.6) is 5.75 Å². The molecule has 1 N–H and O–H groups in total. The van der Waals surface area contributed by atoms with E-state index in [0.717, 1.165) is 23.2 Å². The van der Waals surface area contributed by atoms with Crippen LogP contribution in [0.15, 0.2) is 60.1 Å². The van der Waals surface area contributed by atoms with Crippen molar-refractivity contribution < 1.29 is 14.3 Å². The summed E-state index contributed by atoms with van der Waals surface area (Å²) in [5, 5.41) is 8.74. The zero-order valence-electron chi connectivity index (χ0n) is 18.3. The lowest BCUT2D eigenvalue weighted by Gasteiger charge is -2.29. The van der Waals surface area contributed by atoms with E-state index < -0.39 is 6.04 Å². The van der Waals surface area contributed by atoms with Crippen LogP contribution >= 0.6 is 23.2 Å². The number of aromatic nitrogens is 3. The van der Waals surface area contributed by atoms with Crippen molar-refractivity contribution in [3.8, 4) is 5.75 Å². The molecule has 1 aliphatic rings. The molecule has 1 aliphatic heterocycles. The number of nitrogens with one attached hydrogen (secondary N) is 1. The molecule has 172 valence electrons. The smallest absolute Gasteiger partial charge is 0.338 e. The summed E-state index contributed by atoms with van der Waals surface area (Å²) in [5.41, 5.74) is 3.06. The van der Waals surface area contributed by atoms with E-state index in [-0.39, 0.29) is 5.97 Å². The Morgan fingerprint density at radius 2 is 1.94 bits per heavy atom. The van der Waals surface area contributed by atoms with Gasteiger partial charge in [-0.15, -0.1) is 0 Å². The van der Waals surface area contributed by atoms with Crippen molar-refractivity contribution in [2.24, 2.45) is 0 Å². The van der Waals surface area contributed by atoms with Gasteiger partial charge in [-0.25, -0.2) is 9.48 Å². The molecule has 4 rings (SSSR count). The number of ether oxygens (including phenoxy) is 2. The highest BCUT2D eigenvalue weighted by Gasteiger charge is 2.35. The average Bonchev–Trinajstić information content (AvgIpc) is 3.27. The minimum absolute atomic E-state index is 0.290. The highest BCUT2D eigenvalue weighted by atomic mass is 35.5. The van der Waals surface area contributed by atoms with Gasteiger partial charge in [-0.1, -0.05) is 54.7 Å². The number of nitrogens with zero attached hydrogens (tertiary/aromatic N) is 3. The number of carbonyl (C=O) groups is 1. The fraction of sp³-hybridized carbons (Fsp3) is 0.292. The zero-order chi connectivity index (χ0) is 23.4. The van der Waals surface area contributed by atoms with Gasteiger partial charge in [0, 0.05) is 21.3 Å². The Labute approximate surface area is 202 Å². The number of allylic oxidation sites excluding steroid dienone is 1. The average molecular weight is 487 g/mol. The molecule has 0 saturated carbocycles. The van der Waals surface area contributed by atoms with Crippen LogP contribution in [0.25, 0.3) is 0 Å². The Morgan fingerprint density at radius 3 is 2.64 bits per heavy atom. The van der Waals surface area contributed by atoms with Gasteiger partial charge in [-0.3, -0.25) is 0 Å². The molecule has 1 aromatic heterocycles. The normalized spacial score (nSPS) is 15.1. The molecule has 3 aromatic rings.